The average Bonchev–Trinajstić information content (AvgIpc) is 3.47. The molecule has 0 saturated heterocycles. The maximum absolute atomic E-state index is 13.3. The number of aryl methyl sites for hydroxylation is 1. The molecule has 0 aliphatic carbocycles. The van der Waals surface area contributed by atoms with Crippen LogP contribution < -0.4 is 0 Å². The van der Waals surface area contributed by atoms with Gasteiger partial charge in [0, 0.05) is 25.1 Å². The number of hydrogen-bond donors (Lipinski definition) is 0. The van der Waals surface area contributed by atoms with Crippen molar-refractivity contribution in [2.75, 3.05) is 0 Å². The van der Waals surface area contributed by atoms with Gasteiger partial charge in [-0.1, -0.05) is 106 Å². The SMILES string of the molecule is CCCCCCCCCCCc1noc(-c2ccc(CN(Cc3ccc(C(F)(F)F)cc3)C(=O)OC(C)(C)C)c3ccccc23)n1. The van der Waals surface area contributed by atoms with Crippen LogP contribution in [0.1, 0.15) is 108 Å². The number of benzene rings is 3. The van der Waals surface area contributed by atoms with E-state index in [1.807, 2.05) is 36.4 Å². The zero-order valence-corrected chi connectivity index (χ0v) is 27.5. The summed E-state index contributed by atoms with van der Waals surface area (Å²) in [6, 6.07) is 16.5. The van der Waals surface area contributed by atoms with Crippen LogP contribution in [0.4, 0.5) is 18.0 Å². The molecule has 0 radical (unpaired) electrons. The maximum Gasteiger partial charge on any atom is 0.416 e. The summed E-state index contributed by atoms with van der Waals surface area (Å²) in [5, 5.41) is 6.04. The van der Waals surface area contributed by atoms with Crippen molar-refractivity contribution in [1.29, 1.82) is 0 Å². The lowest BCUT2D eigenvalue weighted by atomic mass is 9.99. The number of fused-ring (bicyclic) bond motifs is 1. The highest BCUT2D eigenvalue weighted by molar-refractivity contribution is 5.97. The Bertz CT molecular complexity index is 1540. The minimum atomic E-state index is -4.43. The summed E-state index contributed by atoms with van der Waals surface area (Å²) < 4.78 is 50.7. The molecule has 0 aliphatic rings. The first-order valence-corrected chi connectivity index (χ1v) is 16.4. The van der Waals surface area contributed by atoms with E-state index in [-0.39, 0.29) is 13.1 Å². The predicted molar refractivity (Wildman–Crippen MR) is 175 cm³/mol. The number of halogens is 3. The number of amides is 1. The van der Waals surface area contributed by atoms with Crippen molar-refractivity contribution < 1.29 is 27.2 Å². The molecule has 9 heteroatoms. The molecule has 0 unspecified atom stereocenters. The average molecular weight is 638 g/mol. The molecular formula is C37H46F3N3O3. The Labute approximate surface area is 270 Å². The van der Waals surface area contributed by atoms with Crippen LogP contribution in [0.5, 0.6) is 0 Å². The summed E-state index contributed by atoms with van der Waals surface area (Å²) in [7, 11) is 0. The smallest absolute Gasteiger partial charge is 0.416 e. The van der Waals surface area contributed by atoms with E-state index in [1.165, 1.54) is 62.0 Å². The summed E-state index contributed by atoms with van der Waals surface area (Å²) in [5.74, 6) is 1.14. The molecule has 0 N–H and O–H groups in total. The van der Waals surface area contributed by atoms with Crippen molar-refractivity contribution in [3.05, 3.63) is 83.2 Å². The van der Waals surface area contributed by atoms with Crippen LogP contribution in [0, 0.1) is 0 Å². The fraction of sp³-hybridized carbons (Fsp3) is 0.486. The summed E-state index contributed by atoms with van der Waals surface area (Å²) in [5.41, 5.74) is 0.734. The van der Waals surface area contributed by atoms with Crippen molar-refractivity contribution in [2.24, 2.45) is 0 Å². The molecule has 4 aromatic rings. The molecule has 1 heterocycles. The summed E-state index contributed by atoms with van der Waals surface area (Å²) in [6.45, 7) is 7.83. The number of carbonyl (C=O) groups is 1. The Hall–Kier alpha value is -3.88. The summed E-state index contributed by atoms with van der Waals surface area (Å²) in [4.78, 5) is 19.5. The number of rotatable bonds is 15. The highest BCUT2D eigenvalue weighted by atomic mass is 19.4. The zero-order chi connectivity index (χ0) is 33.2. The van der Waals surface area contributed by atoms with Gasteiger partial charge in [-0.15, -0.1) is 0 Å². The second-order valence-electron chi connectivity index (χ2n) is 12.9. The van der Waals surface area contributed by atoms with E-state index in [9.17, 15) is 18.0 Å². The molecule has 1 aromatic heterocycles. The van der Waals surface area contributed by atoms with Gasteiger partial charge in [0.1, 0.15) is 5.60 Å². The number of alkyl halides is 3. The van der Waals surface area contributed by atoms with Gasteiger partial charge in [0.05, 0.1) is 5.56 Å². The highest BCUT2D eigenvalue weighted by Gasteiger charge is 2.30. The maximum atomic E-state index is 13.3. The Morgan fingerprint density at radius 2 is 1.43 bits per heavy atom. The van der Waals surface area contributed by atoms with Crippen LogP contribution in [0.3, 0.4) is 0 Å². The van der Waals surface area contributed by atoms with E-state index < -0.39 is 23.4 Å². The van der Waals surface area contributed by atoms with Gasteiger partial charge in [0.15, 0.2) is 5.82 Å². The Morgan fingerprint density at radius 1 is 0.804 bits per heavy atom. The second-order valence-corrected chi connectivity index (χ2v) is 12.9. The first-order chi connectivity index (χ1) is 21.9. The third-order valence-electron chi connectivity index (χ3n) is 7.88. The Morgan fingerprint density at radius 3 is 2.07 bits per heavy atom. The highest BCUT2D eigenvalue weighted by Crippen LogP contribution is 2.32. The molecule has 0 atom stereocenters. The van der Waals surface area contributed by atoms with Crippen molar-refractivity contribution in [1.82, 2.24) is 15.0 Å². The minimum absolute atomic E-state index is 0.0784. The monoisotopic (exact) mass is 637 g/mol. The van der Waals surface area contributed by atoms with Crippen LogP contribution in [-0.2, 0) is 30.4 Å². The lowest BCUT2D eigenvalue weighted by molar-refractivity contribution is -0.137. The molecule has 6 nitrogen and oxygen atoms in total. The van der Waals surface area contributed by atoms with E-state index in [2.05, 4.69) is 12.1 Å². The molecule has 46 heavy (non-hydrogen) atoms. The van der Waals surface area contributed by atoms with Gasteiger partial charge < -0.3 is 9.26 Å². The van der Waals surface area contributed by atoms with E-state index in [4.69, 9.17) is 14.2 Å². The topological polar surface area (TPSA) is 68.5 Å². The molecule has 0 bridgehead atoms. The lowest BCUT2D eigenvalue weighted by Gasteiger charge is -2.28. The fourth-order valence-electron chi connectivity index (χ4n) is 5.48. The van der Waals surface area contributed by atoms with E-state index in [1.54, 1.807) is 20.8 Å². The van der Waals surface area contributed by atoms with Crippen LogP contribution in [0.25, 0.3) is 22.2 Å². The Balaban J connectivity index is 1.48. The number of nitrogens with zero attached hydrogens (tertiary/aromatic N) is 3. The summed E-state index contributed by atoms with van der Waals surface area (Å²) in [6.07, 6.45) is 7.01. The molecule has 0 fully saturated rings. The first kappa shape index (κ1) is 35.0. The van der Waals surface area contributed by atoms with Crippen LogP contribution in [0.2, 0.25) is 0 Å². The number of ether oxygens (including phenoxy) is 1. The fourth-order valence-corrected chi connectivity index (χ4v) is 5.48. The van der Waals surface area contributed by atoms with Gasteiger partial charge in [-0.05, 0) is 67.3 Å². The lowest BCUT2D eigenvalue weighted by Crippen LogP contribution is -2.36. The van der Waals surface area contributed by atoms with Gasteiger partial charge in [0.25, 0.3) is 5.89 Å². The largest absolute Gasteiger partial charge is 0.444 e. The van der Waals surface area contributed by atoms with Crippen molar-refractivity contribution in [3.8, 4) is 11.5 Å². The van der Waals surface area contributed by atoms with E-state index in [0.29, 0.717) is 17.3 Å². The molecule has 1 amide bonds. The van der Waals surface area contributed by atoms with Crippen molar-refractivity contribution in [3.63, 3.8) is 0 Å². The molecular weight excluding hydrogens is 591 g/mol. The standard InChI is InChI=1S/C37H46F3N3O3/c1-5-6-7-8-9-10-11-12-13-18-33-41-34(46-42-33)32-24-21-28(30-16-14-15-17-31(30)32)26-43(35(44)45-36(2,3)4)25-27-19-22-29(23-20-27)37(38,39)40/h14-17,19-24H,5-13,18,25-26H2,1-4H3. The van der Waals surface area contributed by atoms with Gasteiger partial charge in [-0.3, -0.25) is 4.90 Å². The third kappa shape index (κ3) is 10.3. The number of aromatic nitrogens is 2. The minimum Gasteiger partial charge on any atom is -0.444 e. The van der Waals surface area contributed by atoms with Crippen molar-refractivity contribution in [2.45, 2.75) is 117 Å². The van der Waals surface area contributed by atoms with E-state index >= 15 is 0 Å². The number of unbranched alkanes of at least 4 members (excludes halogenated alkanes) is 8. The van der Waals surface area contributed by atoms with Crippen LogP contribution in [-0.4, -0.2) is 26.7 Å². The number of hydrogen-bond acceptors (Lipinski definition) is 5. The quantitative estimate of drug-likeness (QED) is 0.121. The summed E-state index contributed by atoms with van der Waals surface area (Å²) >= 11 is 0. The second kappa shape index (κ2) is 16.1. The molecule has 4 rings (SSSR count). The molecule has 248 valence electrons. The third-order valence-corrected chi connectivity index (χ3v) is 7.88. The first-order valence-electron chi connectivity index (χ1n) is 16.4. The van der Waals surface area contributed by atoms with Crippen LogP contribution >= 0.6 is 0 Å². The van der Waals surface area contributed by atoms with Gasteiger partial charge in [-0.2, -0.15) is 18.2 Å². The van der Waals surface area contributed by atoms with E-state index in [0.717, 1.165) is 53.3 Å². The Kier molecular flexibility index (Phi) is 12.2. The number of carbonyl (C=O) groups excluding carboxylic acids is 1. The zero-order valence-electron chi connectivity index (χ0n) is 27.5. The predicted octanol–water partition coefficient (Wildman–Crippen LogP) is 10.9. The normalized spacial score (nSPS) is 12.1. The van der Waals surface area contributed by atoms with Gasteiger partial charge in [-0.25, -0.2) is 4.79 Å². The molecule has 0 aliphatic heterocycles. The van der Waals surface area contributed by atoms with Gasteiger partial charge in [0.2, 0.25) is 0 Å². The molecule has 0 saturated carbocycles. The molecule has 0 spiro atoms. The van der Waals surface area contributed by atoms with Gasteiger partial charge >= 0.3 is 12.3 Å². The molecule has 3 aromatic carbocycles. The van der Waals surface area contributed by atoms with Crippen molar-refractivity contribution >= 4 is 16.9 Å². The van der Waals surface area contributed by atoms with Crippen LogP contribution in [0.15, 0.2) is 65.2 Å².